The highest BCUT2D eigenvalue weighted by Gasteiger charge is 2.21. The van der Waals surface area contributed by atoms with Crippen LogP contribution in [0.5, 0.6) is 0 Å². The Kier molecular flexibility index (Phi) is 18.9. The first-order valence-corrected chi connectivity index (χ1v) is 14.0. The van der Waals surface area contributed by atoms with Crippen LogP contribution in [-0.2, 0) is 18.3 Å². The third kappa shape index (κ3) is 18.1. The van der Waals surface area contributed by atoms with Gasteiger partial charge in [0.05, 0.1) is 13.2 Å². The molecule has 1 unspecified atom stereocenters. The SMILES string of the molecule is CCO[SiH](CCCCCCCCCCCCCCCCOCC1CO1)OCC. The largest absolute Gasteiger partial charge is 0.397 e. The summed E-state index contributed by atoms with van der Waals surface area (Å²) in [4.78, 5) is 0. The van der Waals surface area contributed by atoms with E-state index in [1.54, 1.807) is 0 Å². The summed E-state index contributed by atoms with van der Waals surface area (Å²) in [5.74, 6) is 0. The molecule has 1 atom stereocenters. The Morgan fingerprint density at radius 1 is 0.679 bits per heavy atom. The average molecular weight is 417 g/mol. The monoisotopic (exact) mass is 416 g/mol. The molecule has 1 aliphatic heterocycles. The third-order valence-corrected chi connectivity index (χ3v) is 7.68. The number of ether oxygens (including phenoxy) is 2. The van der Waals surface area contributed by atoms with Crippen LogP contribution < -0.4 is 0 Å². The summed E-state index contributed by atoms with van der Waals surface area (Å²) in [7, 11) is -1.34. The van der Waals surface area contributed by atoms with Gasteiger partial charge >= 0.3 is 9.28 Å². The fourth-order valence-corrected chi connectivity index (χ4v) is 5.40. The molecule has 0 radical (unpaired) electrons. The maximum Gasteiger partial charge on any atom is 0.321 e. The number of hydrogen-bond acceptors (Lipinski definition) is 4. The van der Waals surface area contributed by atoms with Gasteiger partial charge in [-0.3, -0.25) is 0 Å². The number of unbranched alkanes of at least 4 members (excludes halogenated alkanes) is 13. The van der Waals surface area contributed by atoms with Gasteiger partial charge in [0.25, 0.3) is 0 Å². The topological polar surface area (TPSA) is 40.2 Å². The maximum absolute atomic E-state index is 5.73. The second-order valence-electron chi connectivity index (χ2n) is 8.11. The molecule has 0 amide bonds. The fourth-order valence-electron chi connectivity index (χ4n) is 3.60. The van der Waals surface area contributed by atoms with Gasteiger partial charge in [-0.05, 0) is 26.3 Å². The van der Waals surface area contributed by atoms with Crippen LogP contribution in [-0.4, -0.2) is 48.4 Å². The quantitative estimate of drug-likeness (QED) is 0.114. The van der Waals surface area contributed by atoms with Crippen molar-refractivity contribution in [2.45, 2.75) is 116 Å². The van der Waals surface area contributed by atoms with Crippen LogP contribution in [0.4, 0.5) is 0 Å². The lowest BCUT2D eigenvalue weighted by molar-refractivity contribution is 0.113. The number of epoxide rings is 1. The Labute approximate surface area is 176 Å². The molecule has 1 heterocycles. The molecule has 1 fully saturated rings. The van der Waals surface area contributed by atoms with E-state index < -0.39 is 9.28 Å². The van der Waals surface area contributed by atoms with Crippen LogP contribution in [0.15, 0.2) is 0 Å². The van der Waals surface area contributed by atoms with Crippen LogP contribution in [0, 0.1) is 0 Å². The molecular weight excluding hydrogens is 368 g/mol. The summed E-state index contributed by atoms with van der Waals surface area (Å²) < 4.78 is 22.2. The van der Waals surface area contributed by atoms with Crippen molar-refractivity contribution in [1.82, 2.24) is 0 Å². The Balaban J connectivity index is 1.67. The molecule has 0 bridgehead atoms. The Morgan fingerprint density at radius 3 is 1.54 bits per heavy atom. The summed E-state index contributed by atoms with van der Waals surface area (Å²) >= 11 is 0. The summed E-state index contributed by atoms with van der Waals surface area (Å²) in [6, 6.07) is 1.18. The summed E-state index contributed by atoms with van der Waals surface area (Å²) in [5, 5.41) is 0. The van der Waals surface area contributed by atoms with Crippen LogP contribution in [0.2, 0.25) is 6.04 Å². The van der Waals surface area contributed by atoms with Crippen molar-refractivity contribution in [2.24, 2.45) is 0 Å². The Hall–Kier alpha value is 0.0569. The van der Waals surface area contributed by atoms with E-state index in [0.29, 0.717) is 6.10 Å². The smallest absolute Gasteiger partial charge is 0.321 e. The van der Waals surface area contributed by atoms with E-state index in [2.05, 4.69) is 13.8 Å². The van der Waals surface area contributed by atoms with Crippen LogP contribution in [0.1, 0.15) is 104 Å². The van der Waals surface area contributed by atoms with Crippen molar-refractivity contribution in [3.8, 4) is 0 Å². The molecule has 4 nitrogen and oxygen atoms in total. The molecule has 5 heteroatoms. The molecule has 0 aromatic rings. The minimum atomic E-state index is -1.34. The van der Waals surface area contributed by atoms with Crippen LogP contribution >= 0.6 is 0 Å². The molecule has 0 saturated carbocycles. The maximum atomic E-state index is 5.73. The van der Waals surface area contributed by atoms with Gasteiger partial charge in [0.15, 0.2) is 0 Å². The lowest BCUT2D eigenvalue weighted by atomic mass is 10.0. The highest BCUT2D eigenvalue weighted by atomic mass is 28.3. The molecule has 1 aliphatic rings. The number of rotatable bonds is 23. The molecule has 0 aliphatic carbocycles. The molecule has 0 aromatic heterocycles. The molecule has 1 rings (SSSR count). The minimum absolute atomic E-state index is 0.417. The zero-order valence-electron chi connectivity index (χ0n) is 18.9. The molecule has 0 N–H and O–H groups in total. The number of hydrogen-bond donors (Lipinski definition) is 0. The van der Waals surface area contributed by atoms with Crippen LogP contribution in [0.25, 0.3) is 0 Å². The molecule has 28 heavy (non-hydrogen) atoms. The van der Waals surface area contributed by atoms with Gasteiger partial charge in [-0.2, -0.15) is 0 Å². The van der Waals surface area contributed by atoms with E-state index in [0.717, 1.165) is 33.0 Å². The lowest BCUT2D eigenvalue weighted by Crippen LogP contribution is -2.22. The summed E-state index contributed by atoms with van der Waals surface area (Å²) in [6.07, 6.45) is 19.7. The van der Waals surface area contributed by atoms with Crippen molar-refractivity contribution in [2.75, 3.05) is 33.0 Å². The molecule has 168 valence electrons. The van der Waals surface area contributed by atoms with Gasteiger partial charge in [-0.15, -0.1) is 0 Å². The van der Waals surface area contributed by atoms with Crippen molar-refractivity contribution in [3.63, 3.8) is 0 Å². The van der Waals surface area contributed by atoms with Gasteiger partial charge in [0.2, 0.25) is 0 Å². The minimum Gasteiger partial charge on any atom is -0.397 e. The van der Waals surface area contributed by atoms with E-state index >= 15 is 0 Å². The first-order chi connectivity index (χ1) is 13.9. The Morgan fingerprint density at radius 2 is 1.11 bits per heavy atom. The second kappa shape index (κ2) is 20.3. The predicted octanol–water partition coefficient (Wildman–Crippen LogP) is 6.16. The van der Waals surface area contributed by atoms with E-state index in [1.165, 1.54) is 95.9 Å². The third-order valence-electron chi connectivity index (χ3n) is 5.39. The van der Waals surface area contributed by atoms with Gasteiger partial charge in [0, 0.05) is 19.8 Å². The zero-order valence-corrected chi connectivity index (χ0v) is 20.1. The lowest BCUT2D eigenvalue weighted by Gasteiger charge is -2.14. The standard InChI is InChI=1S/C23H48O4Si/c1-3-26-28(27-4-2)20-18-16-14-12-10-8-6-5-7-9-11-13-15-17-19-24-21-23-22-25-23/h23,28H,3-22H2,1-2H3. The Bertz CT molecular complexity index is 307. The fraction of sp³-hybridized carbons (Fsp3) is 1.00. The van der Waals surface area contributed by atoms with E-state index in [-0.39, 0.29) is 0 Å². The predicted molar refractivity (Wildman–Crippen MR) is 120 cm³/mol. The van der Waals surface area contributed by atoms with Crippen LogP contribution in [0.3, 0.4) is 0 Å². The molecular formula is C23H48O4Si. The molecule has 1 saturated heterocycles. The second-order valence-corrected chi connectivity index (χ2v) is 10.2. The van der Waals surface area contributed by atoms with Crippen molar-refractivity contribution in [1.29, 1.82) is 0 Å². The normalized spacial score (nSPS) is 16.2. The van der Waals surface area contributed by atoms with E-state index in [4.69, 9.17) is 18.3 Å². The highest BCUT2D eigenvalue weighted by molar-refractivity contribution is 6.44. The van der Waals surface area contributed by atoms with Gasteiger partial charge in [0.1, 0.15) is 6.10 Å². The average Bonchev–Trinajstić information content (AvgIpc) is 3.51. The first kappa shape index (κ1) is 26.1. The molecule has 0 aromatic carbocycles. The first-order valence-electron chi connectivity index (χ1n) is 12.3. The van der Waals surface area contributed by atoms with Crippen molar-refractivity contribution < 1.29 is 18.3 Å². The summed E-state index contributed by atoms with van der Waals surface area (Å²) in [5.41, 5.74) is 0. The van der Waals surface area contributed by atoms with E-state index in [9.17, 15) is 0 Å². The van der Waals surface area contributed by atoms with E-state index in [1.807, 2.05) is 0 Å². The van der Waals surface area contributed by atoms with Gasteiger partial charge in [-0.1, -0.05) is 83.5 Å². The molecule has 0 spiro atoms. The summed E-state index contributed by atoms with van der Waals surface area (Å²) in [6.45, 7) is 8.40. The zero-order chi connectivity index (χ0) is 20.1. The van der Waals surface area contributed by atoms with Crippen molar-refractivity contribution in [3.05, 3.63) is 0 Å². The van der Waals surface area contributed by atoms with Gasteiger partial charge in [-0.25, -0.2) is 0 Å². The van der Waals surface area contributed by atoms with Gasteiger partial charge < -0.3 is 18.3 Å². The highest BCUT2D eigenvalue weighted by Crippen LogP contribution is 2.14. The van der Waals surface area contributed by atoms with Crippen molar-refractivity contribution >= 4 is 9.28 Å².